The summed E-state index contributed by atoms with van der Waals surface area (Å²) >= 11 is 0. The van der Waals surface area contributed by atoms with Crippen molar-refractivity contribution in [2.45, 2.75) is 24.5 Å². The van der Waals surface area contributed by atoms with Crippen LogP contribution in [-0.4, -0.2) is 44.1 Å². The molecule has 1 aromatic rings. The minimum absolute atomic E-state index is 0.0627. The van der Waals surface area contributed by atoms with Crippen LogP contribution in [0.4, 0.5) is 5.69 Å². The van der Waals surface area contributed by atoms with E-state index < -0.39 is 20.7 Å². The Morgan fingerprint density at radius 1 is 1.45 bits per heavy atom. The molecule has 0 aromatic heterocycles. The second-order valence-corrected chi connectivity index (χ2v) is 8.34. The van der Waals surface area contributed by atoms with Crippen LogP contribution in [0.25, 0.3) is 0 Å². The Bertz CT molecular complexity index is 731. The molecule has 1 N–H and O–H groups in total. The molecule has 1 saturated carbocycles. The van der Waals surface area contributed by atoms with Crippen LogP contribution in [-0.2, 0) is 14.8 Å². The molecule has 1 saturated heterocycles. The minimum atomic E-state index is -3.58. The number of hydrogen-bond donors (Lipinski definition) is 1. The van der Waals surface area contributed by atoms with Gasteiger partial charge in [-0.2, -0.15) is 0 Å². The number of nitrogens with one attached hydrogen (secondary N) is 1. The molecule has 1 aromatic carbocycles. The summed E-state index contributed by atoms with van der Waals surface area (Å²) in [6, 6.07) is 5.28. The number of hydrogen-bond acceptors (Lipinski definition) is 4. The first kappa shape index (κ1) is 15.3. The Labute approximate surface area is 130 Å². The lowest BCUT2D eigenvalue weighted by Crippen LogP contribution is -2.50. The summed E-state index contributed by atoms with van der Waals surface area (Å²) in [7, 11) is -0.462. The molecule has 0 bridgehead atoms. The Kier molecular flexibility index (Phi) is 3.45. The fourth-order valence-electron chi connectivity index (χ4n) is 3.22. The third-order valence-electron chi connectivity index (χ3n) is 4.78. The molecular weight excluding hydrogens is 304 g/mol. The van der Waals surface area contributed by atoms with Crippen LogP contribution in [0.2, 0.25) is 0 Å². The minimum Gasteiger partial charge on any atom is -0.497 e. The third-order valence-corrected chi connectivity index (χ3v) is 7.39. The van der Waals surface area contributed by atoms with Crippen molar-refractivity contribution in [3.63, 3.8) is 0 Å². The van der Waals surface area contributed by atoms with Crippen molar-refractivity contribution in [2.24, 2.45) is 5.92 Å². The van der Waals surface area contributed by atoms with Crippen LogP contribution in [0.1, 0.15) is 18.4 Å². The molecule has 22 heavy (non-hydrogen) atoms. The van der Waals surface area contributed by atoms with Crippen LogP contribution >= 0.6 is 0 Å². The predicted octanol–water partition coefficient (Wildman–Crippen LogP) is 1.37. The molecule has 1 aliphatic heterocycles. The summed E-state index contributed by atoms with van der Waals surface area (Å²) < 4.78 is 30.2. The first-order chi connectivity index (χ1) is 10.3. The predicted molar refractivity (Wildman–Crippen MR) is 83.4 cm³/mol. The number of ether oxygens (including phenoxy) is 1. The highest BCUT2D eigenvalue weighted by atomic mass is 32.2. The molecule has 7 heteroatoms. The SMILES string of the molecule is COc1ccc(NC(=O)[C@@]23C[C@@H]2CCN(C)S3(=O)=O)c(C)c1. The highest BCUT2D eigenvalue weighted by Gasteiger charge is 2.71. The van der Waals surface area contributed by atoms with Crippen molar-refractivity contribution in [3.8, 4) is 5.75 Å². The van der Waals surface area contributed by atoms with E-state index >= 15 is 0 Å². The maximum Gasteiger partial charge on any atom is 0.247 e. The number of benzene rings is 1. The third kappa shape index (κ3) is 2.03. The molecule has 2 atom stereocenters. The standard InChI is InChI=1S/C15H20N2O4S/c1-10-8-12(21-3)4-5-13(10)16-14(18)15-9-11(15)6-7-17(2)22(15,19)20/h4-5,8,11H,6-7,9H2,1-3H3,(H,16,18)/t11-,15+/m0/s1. The van der Waals surface area contributed by atoms with Crippen molar-refractivity contribution in [1.82, 2.24) is 4.31 Å². The van der Waals surface area contributed by atoms with Crippen LogP contribution in [0.3, 0.4) is 0 Å². The Morgan fingerprint density at radius 3 is 2.82 bits per heavy atom. The summed E-state index contributed by atoms with van der Waals surface area (Å²) in [5, 5.41) is 2.79. The fourth-order valence-corrected chi connectivity index (χ4v) is 5.36. The maximum absolute atomic E-state index is 12.7. The Balaban J connectivity index is 1.87. The van der Waals surface area contributed by atoms with Gasteiger partial charge >= 0.3 is 0 Å². The summed E-state index contributed by atoms with van der Waals surface area (Å²) in [5.41, 5.74) is 1.46. The van der Waals surface area contributed by atoms with Crippen molar-refractivity contribution < 1.29 is 17.9 Å². The monoisotopic (exact) mass is 324 g/mol. The van der Waals surface area contributed by atoms with Gasteiger partial charge in [0.25, 0.3) is 0 Å². The van der Waals surface area contributed by atoms with Crippen molar-refractivity contribution >= 4 is 21.6 Å². The average Bonchev–Trinajstić information content (AvgIpc) is 3.22. The largest absolute Gasteiger partial charge is 0.497 e. The van der Waals surface area contributed by atoms with E-state index in [1.54, 1.807) is 25.3 Å². The van der Waals surface area contributed by atoms with Gasteiger partial charge in [0.15, 0.2) is 4.75 Å². The number of rotatable bonds is 3. The molecular formula is C15H20N2O4S. The molecule has 120 valence electrons. The van der Waals surface area contributed by atoms with E-state index in [9.17, 15) is 13.2 Å². The van der Waals surface area contributed by atoms with Gasteiger partial charge < -0.3 is 10.1 Å². The van der Waals surface area contributed by atoms with Crippen LogP contribution < -0.4 is 10.1 Å². The molecule has 1 aliphatic carbocycles. The lowest BCUT2D eigenvalue weighted by molar-refractivity contribution is -0.117. The molecule has 0 radical (unpaired) electrons. The molecule has 1 amide bonds. The Morgan fingerprint density at radius 2 is 2.18 bits per heavy atom. The number of carbonyl (C=O) groups excluding carboxylic acids is 1. The smallest absolute Gasteiger partial charge is 0.247 e. The zero-order valence-electron chi connectivity index (χ0n) is 12.9. The lowest BCUT2D eigenvalue weighted by atomic mass is 10.1. The number of aryl methyl sites for hydroxylation is 1. The van der Waals surface area contributed by atoms with Crippen LogP contribution in [0, 0.1) is 12.8 Å². The van der Waals surface area contributed by atoms with Gasteiger partial charge in [-0.05, 0) is 49.4 Å². The molecule has 3 rings (SSSR count). The van der Waals surface area contributed by atoms with Gasteiger partial charge in [0, 0.05) is 19.3 Å². The molecule has 0 unspecified atom stereocenters. The number of methoxy groups -OCH3 is 1. The summed E-state index contributed by atoms with van der Waals surface area (Å²) in [6.07, 6.45) is 1.16. The first-order valence-corrected chi connectivity index (χ1v) is 8.69. The lowest BCUT2D eigenvalue weighted by Gasteiger charge is -2.29. The number of amides is 1. The fraction of sp³-hybridized carbons (Fsp3) is 0.533. The van der Waals surface area contributed by atoms with E-state index in [-0.39, 0.29) is 5.92 Å². The number of sulfonamides is 1. The number of anilines is 1. The number of nitrogens with zero attached hydrogens (tertiary/aromatic N) is 1. The zero-order valence-corrected chi connectivity index (χ0v) is 13.7. The van der Waals surface area contributed by atoms with Gasteiger partial charge in [0.05, 0.1) is 7.11 Å². The second kappa shape index (κ2) is 4.96. The van der Waals surface area contributed by atoms with Crippen molar-refractivity contribution in [3.05, 3.63) is 23.8 Å². The van der Waals surface area contributed by atoms with Gasteiger partial charge in [-0.15, -0.1) is 0 Å². The van der Waals surface area contributed by atoms with E-state index in [0.717, 1.165) is 12.0 Å². The van der Waals surface area contributed by atoms with E-state index in [2.05, 4.69) is 5.32 Å². The second-order valence-electron chi connectivity index (χ2n) is 6.04. The summed E-state index contributed by atoms with van der Waals surface area (Å²) in [5.74, 6) is 0.215. The van der Waals surface area contributed by atoms with E-state index in [1.807, 2.05) is 6.92 Å². The summed E-state index contributed by atoms with van der Waals surface area (Å²) in [4.78, 5) is 12.7. The zero-order chi connectivity index (χ0) is 16.1. The highest BCUT2D eigenvalue weighted by molar-refractivity contribution is 7.91. The van der Waals surface area contributed by atoms with Crippen LogP contribution in [0.5, 0.6) is 5.75 Å². The molecule has 0 spiro atoms. The highest BCUT2D eigenvalue weighted by Crippen LogP contribution is 2.56. The Hall–Kier alpha value is -1.60. The van der Waals surface area contributed by atoms with Crippen molar-refractivity contribution in [2.75, 3.05) is 26.0 Å². The van der Waals surface area contributed by atoms with Crippen LogP contribution in [0.15, 0.2) is 18.2 Å². The maximum atomic E-state index is 12.7. The van der Waals surface area contributed by atoms with E-state index in [1.165, 1.54) is 11.4 Å². The van der Waals surface area contributed by atoms with Gasteiger partial charge in [-0.1, -0.05) is 0 Å². The molecule has 2 fully saturated rings. The molecule has 2 aliphatic rings. The quantitative estimate of drug-likeness (QED) is 0.911. The molecule has 6 nitrogen and oxygen atoms in total. The average molecular weight is 324 g/mol. The van der Waals surface area contributed by atoms with E-state index in [4.69, 9.17) is 4.74 Å². The molecule has 1 heterocycles. The summed E-state index contributed by atoms with van der Waals surface area (Å²) in [6.45, 7) is 2.34. The normalized spacial score (nSPS) is 29.5. The van der Waals surface area contributed by atoms with Gasteiger partial charge in [-0.3, -0.25) is 4.79 Å². The van der Waals surface area contributed by atoms with Gasteiger partial charge in [0.2, 0.25) is 15.9 Å². The topological polar surface area (TPSA) is 75.7 Å². The van der Waals surface area contributed by atoms with Crippen molar-refractivity contribution in [1.29, 1.82) is 0 Å². The van der Waals surface area contributed by atoms with Gasteiger partial charge in [0.1, 0.15) is 5.75 Å². The number of carbonyl (C=O) groups is 1. The van der Waals surface area contributed by atoms with E-state index in [0.29, 0.717) is 24.4 Å². The first-order valence-electron chi connectivity index (χ1n) is 7.25. The van der Waals surface area contributed by atoms with Gasteiger partial charge in [-0.25, -0.2) is 12.7 Å². The number of fused-ring (bicyclic) bond motifs is 1.